The van der Waals surface area contributed by atoms with Crippen molar-refractivity contribution in [2.45, 2.75) is 6.04 Å². The largest absolute Gasteiger partial charge is 0.467 e. The third-order valence-electron chi connectivity index (χ3n) is 2.82. The van der Waals surface area contributed by atoms with Crippen LogP contribution >= 0.6 is 0 Å². The van der Waals surface area contributed by atoms with Crippen LogP contribution in [0.4, 0.5) is 0 Å². The van der Waals surface area contributed by atoms with E-state index in [0.29, 0.717) is 0 Å². The Morgan fingerprint density at radius 1 is 1.33 bits per heavy atom. The summed E-state index contributed by atoms with van der Waals surface area (Å²) < 4.78 is 6.02. The van der Waals surface area contributed by atoms with Crippen molar-refractivity contribution in [3.63, 3.8) is 0 Å². The van der Waals surface area contributed by atoms with Gasteiger partial charge in [0.15, 0.2) is 11.7 Å². The van der Waals surface area contributed by atoms with Crippen molar-refractivity contribution in [2.75, 3.05) is 13.7 Å². The molecule has 0 aliphatic carbocycles. The van der Waals surface area contributed by atoms with E-state index in [1.807, 2.05) is 30.3 Å². The van der Waals surface area contributed by atoms with Crippen LogP contribution in [0.5, 0.6) is 0 Å². The minimum Gasteiger partial charge on any atom is -0.467 e. The minimum absolute atomic E-state index is 0.140. The van der Waals surface area contributed by atoms with Crippen LogP contribution in [0.25, 0.3) is 5.69 Å². The molecule has 1 aromatic heterocycles. The minimum atomic E-state index is -1.11. The van der Waals surface area contributed by atoms with Crippen molar-refractivity contribution < 1.29 is 19.4 Å². The summed E-state index contributed by atoms with van der Waals surface area (Å²) in [7, 11) is 1.18. The van der Waals surface area contributed by atoms with Crippen LogP contribution < -0.4 is 5.32 Å². The number of aliphatic hydroxyl groups excluding tert-OH is 1. The number of rotatable bonds is 5. The van der Waals surface area contributed by atoms with Gasteiger partial charge < -0.3 is 15.2 Å². The second-order valence-corrected chi connectivity index (χ2v) is 4.21. The zero-order valence-electron chi connectivity index (χ0n) is 11.4. The molecule has 2 rings (SSSR count). The summed E-state index contributed by atoms with van der Waals surface area (Å²) in [6.07, 6.45) is 1.64. The maximum atomic E-state index is 12.0. The highest BCUT2D eigenvalue weighted by molar-refractivity contribution is 5.95. The molecule has 1 atom stereocenters. The number of para-hydroxylation sites is 1. The van der Waals surface area contributed by atoms with Gasteiger partial charge in [0.05, 0.1) is 19.4 Å². The quantitative estimate of drug-likeness (QED) is 0.763. The third kappa shape index (κ3) is 3.46. The number of aromatic nitrogens is 2. The van der Waals surface area contributed by atoms with Crippen LogP contribution in [-0.2, 0) is 9.53 Å². The molecule has 21 heavy (non-hydrogen) atoms. The molecule has 1 heterocycles. The number of nitrogens with one attached hydrogen (secondary N) is 1. The van der Waals surface area contributed by atoms with Gasteiger partial charge in [-0.1, -0.05) is 18.2 Å². The first kappa shape index (κ1) is 14.7. The molecule has 0 saturated heterocycles. The van der Waals surface area contributed by atoms with Gasteiger partial charge in [0, 0.05) is 6.20 Å². The Kier molecular flexibility index (Phi) is 4.68. The number of amides is 1. The Morgan fingerprint density at radius 2 is 2.05 bits per heavy atom. The van der Waals surface area contributed by atoms with E-state index in [9.17, 15) is 9.59 Å². The van der Waals surface area contributed by atoms with Gasteiger partial charge in [-0.2, -0.15) is 5.10 Å². The van der Waals surface area contributed by atoms with E-state index in [0.717, 1.165) is 5.69 Å². The smallest absolute Gasteiger partial charge is 0.330 e. The molecule has 0 bridgehead atoms. The molecular formula is C14H15N3O4. The molecular weight excluding hydrogens is 274 g/mol. The molecule has 2 N–H and O–H groups in total. The molecule has 7 nitrogen and oxygen atoms in total. The topological polar surface area (TPSA) is 93.5 Å². The number of esters is 1. The molecule has 0 aliphatic heterocycles. The fraction of sp³-hybridized carbons (Fsp3) is 0.214. The maximum Gasteiger partial charge on any atom is 0.330 e. The fourth-order valence-corrected chi connectivity index (χ4v) is 1.72. The summed E-state index contributed by atoms with van der Waals surface area (Å²) in [6.45, 7) is -0.544. The second-order valence-electron chi connectivity index (χ2n) is 4.21. The summed E-state index contributed by atoms with van der Waals surface area (Å²) in [5.74, 6) is -1.28. The molecule has 0 saturated carbocycles. The van der Waals surface area contributed by atoms with E-state index in [1.165, 1.54) is 13.2 Å². The molecule has 2 aromatic rings. The summed E-state index contributed by atoms with van der Waals surface area (Å²) >= 11 is 0. The van der Waals surface area contributed by atoms with Crippen molar-refractivity contribution in [2.24, 2.45) is 0 Å². The number of benzene rings is 1. The number of nitrogens with zero attached hydrogens (tertiary/aromatic N) is 2. The van der Waals surface area contributed by atoms with Gasteiger partial charge in [-0.25, -0.2) is 9.48 Å². The molecule has 0 spiro atoms. The lowest BCUT2D eigenvalue weighted by molar-refractivity contribution is -0.143. The van der Waals surface area contributed by atoms with Gasteiger partial charge in [0.2, 0.25) is 0 Å². The monoisotopic (exact) mass is 289 g/mol. The van der Waals surface area contributed by atoms with Crippen molar-refractivity contribution >= 4 is 11.9 Å². The first-order valence-electron chi connectivity index (χ1n) is 6.26. The van der Waals surface area contributed by atoms with E-state index in [2.05, 4.69) is 15.2 Å². The number of ether oxygens (including phenoxy) is 1. The standard InChI is InChI=1S/C14H15N3O4/c1-21-14(20)12(9-18)15-13(19)11-7-8-17(16-11)10-5-3-2-4-6-10/h2-8,12,18H,9H2,1H3,(H,15,19). The van der Waals surface area contributed by atoms with Crippen LogP contribution in [0, 0.1) is 0 Å². The van der Waals surface area contributed by atoms with Gasteiger partial charge in [0.25, 0.3) is 5.91 Å². The average molecular weight is 289 g/mol. The molecule has 7 heteroatoms. The number of carbonyl (C=O) groups excluding carboxylic acids is 2. The summed E-state index contributed by atoms with van der Waals surface area (Å²) in [6, 6.07) is 9.70. The molecule has 110 valence electrons. The van der Waals surface area contributed by atoms with E-state index in [4.69, 9.17) is 5.11 Å². The molecule has 1 amide bonds. The van der Waals surface area contributed by atoms with Crippen molar-refractivity contribution in [1.82, 2.24) is 15.1 Å². The van der Waals surface area contributed by atoms with Gasteiger partial charge in [-0.05, 0) is 18.2 Å². The maximum absolute atomic E-state index is 12.0. The first-order valence-corrected chi connectivity index (χ1v) is 6.26. The predicted molar refractivity (Wildman–Crippen MR) is 73.9 cm³/mol. The fourth-order valence-electron chi connectivity index (χ4n) is 1.72. The van der Waals surface area contributed by atoms with Crippen LogP contribution in [0.3, 0.4) is 0 Å². The summed E-state index contributed by atoms with van der Waals surface area (Å²) in [5, 5.41) is 15.5. The summed E-state index contributed by atoms with van der Waals surface area (Å²) in [5.41, 5.74) is 0.949. The normalized spacial score (nSPS) is 11.7. The Labute approximate surface area is 121 Å². The highest BCUT2D eigenvalue weighted by Gasteiger charge is 2.22. The number of aliphatic hydroxyl groups is 1. The first-order chi connectivity index (χ1) is 10.2. The van der Waals surface area contributed by atoms with Crippen molar-refractivity contribution in [3.8, 4) is 5.69 Å². The second kappa shape index (κ2) is 6.67. The molecule has 1 aromatic carbocycles. The number of methoxy groups -OCH3 is 1. The van der Waals surface area contributed by atoms with E-state index in [-0.39, 0.29) is 5.69 Å². The molecule has 0 aliphatic rings. The van der Waals surface area contributed by atoms with Crippen LogP contribution in [0.2, 0.25) is 0 Å². The van der Waals surface area contributed by atoms with Crippen molar-refractivity contribution in [1.29, 1.82) is 0 Å². The van der Waals surface area contributed by atoms with E-state index in [1.54, 1.807) is 10.9 Å². The predicted octanol–water partition coefficient (Wildman–Crippen LogP) is 0.136. The Bertz CT molecular complexity index is 624. The van der Waals surface area contributed by atoms with Gasteiger partial charge >= 0.3 is 5.97 Å². The highest BCUT2D eigenvalue weighted by Crippen LogP contribution is 2.07. The lowest BCUT2D eigenvalue weighted by atomic mass is 10.3. The molecule has 0 fully saturated rings. The third-order valence-corrected chi connectivity index (χ3v) is 2.82. The lowest BCUT2D eigenvalue weighted by Gasteiger charge is -2.12. The summed E-state index contributed by atoms with van der Waals surface area (Å²) in [4.78, 5) is 23.3. The average Bonchev–Trinajstić information content (AvgIpc) is 3.02. The van der Waals surface area contributed by atoms with Crippen LogP contribution in [-0.4, -0.2) is 46.5 Å². The van der Waals surface area contributed by atoms with Gasteiger partial charge in [-0.3, -0.25) is 4.79 Å². The Morgan fingerprint density at radius 3 is 2.67 bits per heavy atom. The SMILES string of the molecule is COC(=O)C(CO)NC(=O)c1ccn(-c2ccccc2)n1. The number of hydrogen-bond donors (Lipinski definition) is 2. The molecule has 1 unspecified atom stereocenters. The Hall–Kier alpha value is -2.67. The van der Waals surface area contributed by atoms with E-state index >= 15 is 0 Å². The highest BCUT2D eigenvalue weighted by atomic mass is 16.5. The van der Waals surface area contributed by atoms with Crippen LogP contribution in [0.1, 0.15) is 10.5 Å². The van der Waals surface area contributed by atoms with Crippen LogP contribution in [0.15, 0.2) is 42.6 Å². The number of hydrogen-bond acceptors (Lipinski definition) is 5. The number of carbonyl (C=O) groups is 2. The Balaban J connectivity index is 2.11. The van der Waals surface area contributed by atoms with Gasteiger partial charge in [0.1, 0.15) is 0 Å². The molecule has 0 radical (unpaired) electrons. The van der Waals surface area contributed by atoms with Crippen molar-refractivity contribution in [3.05, 3.63) is 48.3 Å². The zero-order chi connectivity index (χ0) is 15.2. The van der Waals surface area contributed by atoms with Gasteiger partial charge in [-0.15, -0.1) is 0 Å². The van der Waals surface area contributed by atoms with E-state index < -0.39 is 24.5 Å². The zero-order valence-corrected chi connectivity index (χ0v) is 11.4. The lowest BCUT2D eigenvalue weighted by Crippen LogP contribution is -2.44.